The van der Waals surface area contributed by atoms with Crippen LogP contribution in [0.5, 0.6) is 0 Å². The minimum Gasteiger partial charge on any atom is -0.378 e. The Hall–Kier alpha value is -3.00. The summed E-state index contributed by atoms with van der Waals surface area (Å²) in [7, 11) is 0. The molecule has 1 aliphatic rings. The second-order valence-corrected chi connectivity index (χ2v) is 8.64. The van der Waals surface area contributed by atoms with Crippen molar-refractivity contribution in [2.75, 3.05) is 29.9 Å². The van der Waals surface area contributed by atoms with Gasteiger partial charge in [-0.05, 0) is 19.8 Å². The SMILES string of the molecule is CC(COCc1cn(C2CCN(c3nccs3)CC2)nn1)Nc1cn[nH]c(=O)c1C(F)(F)F. The highest BCUT2D eigenvalue weighted by molar-refractivity contribution is 7.13. The van der Waals surface area contributed by atoms with Crippen LogP contribution in [0, 0.1) is 0 Å². The summed E-state index contributed by atoms with van der Waals surface area (Å²) in [5.74, 6) is 0. The van der Waals surface area contributed by atoms with E-state index in [4.69, 9.17) is 4.74 Å². The van der Waals surface area contributed by atoms with E-state index in [1.807, 2.05) is 16.3 Å². The first-order valence-electron chi connectivity index (χ1n) is 10.4. The summed E-state index contributed by atoms with van der Waals surface area (Å²) >= 11 is 1.63. The Morgan fingerprint density at radius 3 is 2.85 bits per heavy atom. The van der Waals surface area contributed by atoms with Gasteiger partial charge in [0.15, 0.2) is 5.13 Å². The van der Waals surface area contributed by atoms with Crippen molar-refractivity contribution >= 4 is 22.2 Å². The Kier molecular flexibility index (Phi) is 6.93. The lowest BCUT2D eigenvalue weighted by molar-refractivity contribution is -0.138. The molecule has 4 rings (SSSR count). The molecule has 0 aliphatic carbocycles. The summed E-state index contributed by atoms with van der Waals surface area (Å²) in [6.07, 6.45) is 1.63. The average Bonchev–Trinajstić information content (AvgIpc) is 3.45. The van der Waals surface area contributed by atoms with Crippen LogP contribution in [0.15, 0.2) is 28.8 Å². The van der Waals surface area contributed by atoms with Crippen molar-refractivity contribution in [2.24, 2.45) is 0 Å². The van der Waals surface area contributed by atoms with Crippen molar-refractivity contribution in [2.45, 2.75) is 44.6 Å². The van der Waals surface area contributed by atoms with Crippen molar-refractivity contribution < 1.29 is 17.9 Å². The molecular formula is C19H23F3N8O2S. The predicted molar refractivity (Wildman–Crippen MR) is 115 cm³/mol. The van der Waals surface area contributed by atoms with Crippen LogP contribution in [0.2, 0.25) is 0 Å². The van der Waals surface area contributed by atoms with Crippen LogP contribution in [0.3, 0.4) is 0 Å². The summed E-state index contributed by atoms with van der Waals surface area (Å²) in [6.45, 7) is 3.70. The Balaban J connectivity index is 1.25. The van der Waals surface area contributed by atoms with Gasteiger partial charge in [-0.15, -0.1) is 16.4 Å². The van der Waals surface area contributed by atoms with Gasteiger partial charge in [-0.1, -0.05) is 5.21 Å². The zero-order chi connectivity index (χ0) is 23.4. The molecule has 1 aliphatic heterocycles. The first kappa shape index (κ1) is 23.2. The normalized spacial score (nSPS) is 16.2. The maximum atomic E-state index is 13.1. The molecule has 1 fully saturated rings. The van der Waals surface area contributed by atoms with E-state index in [1.165, 1.54) is 0 Å². The molecule has 0 radical (unpaired) electrons. The quantitative estimate of drug-likeness (QED) is 0.502. The number of nitrogens with zero attached hydrogens (tertiary/aromatic N) is 6. The van der Waals surface area contributed by atoms with Crippen LogP contribution in [-0.4, -0.2) is 55.9 Å². The summed E-state index contributed by atoms with van der Waals surface area (Å²) in [4.78, 5) is 18.2. The zero-order valence-corrected chi connectivity index (χ0v) is 18.6. The van der Waals surface area contributed by atoms with Crippen molar-refractivity contribution in [3.05, 3.63) is 45.6 Å². The van der Waals surface area contributed by atoms with Gasteiger partial charge in [0.25, 0.3) is 5.56 Å². The monoisotopic (exact) mass is 484 g/mol. The molecular weight excluding hydrogens is 461 g/mol. The third-order valence-corrected chi connectivity index (χ3v) is 6.08. The number of rotatable bonds is 8. The molecule has 3 aromatic rings. The van der Waals surface area contributed by atoms with Crippen molar-refractivity contribution in [3.63, 3.8) is 0 Å². The standard InChI is InChI=1S/C19H23F3N8O2S/c1-12(25-15-8-24-27-17(31)16(15)19(20,21)22)10-32-11-13-9-30(28-26-13)14-2-5-29(6-3-14)18-23-4-7-33-18/h4,7-9,12,14H,2-3,5-6,10-11H2,1H3,(H2,25,27,31). The van der Waals surface area contributed by atoms with Crippen molar-refractivity contribution in [1.82, 2.24) is 30.2 Å². The van der Waals surface area contributed by atoms with Gasteiger partial charge in [0, 0.05) is 30.7 Å². The molecule has 1 unspecified atom stereocenters. The molecule has 0 amide bonds. The van der Waals surface area contributed by atoms with Crippen LogP contribution in [0.1, 0.15) is 37.1 Å². The lowest BCUT2D eigenvalue weighted by Gasteiger charge is -2.31. The van der Waals surface area contributed by atoms with Gasteiger partial charge < -0.3 is 15.0 Å². The van der Waals surface area contributed by atoms with Crippen LogP contribution in [0.4, 0.5) is 24.0 Å². The number of aromatic amines is 1. The first-order chi connectivity index (χ1) is 15.8. The zero-order valence-electron chi connectivity index (χ0n) is 17.7. The Bertz CT molecular complexity index is 1090. The minimum absolute atomic E-state index is 0.100. The third kappa shape index (κ3) is 5.68. The van der Waals surface area contributed by atoms with Gasteiger partial charge in [-0.3, -0.25) is 4.79 Å². The Labute approximate surface area is 190 Å². The molecule has 1 saturated heterocycles. The fraction of sp³-hybridized carbons (Fsp3) is 0.526. The van der Waals surface area contributed by atoms with Crippen LogP contribution >= 0.6 is 11.3 Å². The number of aromatic nitrogens is 6. The van der Waals surface area contributed by atoms with E-state index in [0.29, 0.717) is 5.69 Å². The number of alkyl halides is 3. The molecule has 2 N–H and O–H groups in total. The minimum atomic E-state index is -4.80. The fourth-order valence-corrected chi connectivity index (χ4v) is 4.39. The predicted octanol–water partition coefficient (Wildman–Crippen LogP) is 2.70. The van der Waals surface area contributed by atoms with E-state index < -0.39 is 29.0 Å². The number of piperidine rings is 1. The van der Waals surface area contributed by atoms with Gasteiger partial charge in [0.2, 0.25) is 0 Å². The van der Waals surface area contributed by atoms with E-state index in [-0.39, 0.29) is 19.3 Å². The smallest absolute Gasteiger partial charge is 0.378 e. The number of anilines is 2. The Morgan fingerprint density at radius 1 is 1.36 bits per heavy atom. The maximum Gasteiger partial charge on any atom is 0.423 e. The number of ether oxygens (including phenoxy) is 1. The summed E-state index contributed by atoms with van der Waals surface area (Å²) < 4.78 is 46.9. The fourth-order valence-electron chi connectivity index (χ4n) is 3.69. The number of nitrogens with one attached hydrogen (secondary N) is 2. The molecule has 14 heteroatoms. The van der Waals surface area contributed by atoms with E-state index in [2.05, 4.69) is 30.6 Å². The van der Waals surface area contributed by atoms with E-state index in [0.717, 1.165) is 37.3 Å². The number of halogens is 3. The lowest BCUT2D eigenvalue weighted by atomic mass is 10.1. The van der Waals surface area contributed by atoms with E-state index in [1.54, 1.807) is 29.6 Å². The van der Waals surface area contributed by atoms with Crippen LogP contribution < -0.4 is 15.8 Å². The summed E-state index contributed by atoms with van der Waals surface area (Å²) in [5.41, 5.74) is -2.36. The third-order valence-electron chi connectivity index (χ3n) is 5.25. The van der Waals surface area contributed by atoms with Crippen molar-refractivity contribution in [3.8, 4) is 0 Å². The van der Waals surface area contributed by atoms with Crippen LogP contribution in [-0.2, 0) is 17.5 Å². The summed E-state index contributed by atoms with van der Waals surface area (Å²) in [5, 5.41) is 19.2. The molecule has 0 aromatic carbocycles. The average molecular weight is 485 g/mol. The van der Waals surface area contributed by atoms with Gasteiger partial charge >= 0.3 is 6.18 Å². The van der Waals surface area contributed by atoms with E-state index in [9.17, 15) is 18.0 Å². The first-order valence-corrected chi connectivity index (χ1v) is 11.2. The molecule has 1 atom stereocenters. The highest BCUT2D eigenvalue weighted by atomic mass is 32.1. The number of hydrogen-bond acceptors (Lipinski definition) is 9. The second-order valence-electron chi connectivity index (χ2n) is 7.77. The molecule has 0 bridgehead atoms. The number of hydrogen-bond donors (Lipinski definition) is 2. The topological polar surface area (TPSA) is 114 Å². The molecule has 178 valence electrons. The highest BCUT2D eigenvalue weighted by Gasteiger charge is 2.37. The molecule has 33 heavy (non-hydrogen) atoms. The summed E-state index contributed by atoms with van der Waals surface area (Å²) in [6, 6.07) is -0.257. The molecule has 10 nitrogen and oxygen atoms in total. The van der Waals surface area contributed by atoms with Crippen molar-refractivity contribution in [1.29, 1.82) is 0 Å². The van der Waals surface area contributed by atoms with Gasteiger partial charge in [-0.2, -0.15) is 18.3 Å². The van der Waals surface area contributed by atoms with Gasteiger partial charge in [0.1, 0.15) is 11.3 Å². The number of thiazole rings is 1. The molecule has 0 spiro atoms. The van der Waals surface area contributed by atoms with E-state index >= 15 is 0 Å². The lowest BCUT2D eigenvalue weighted by Crippen LogP contribution is -2.34. The molecule has 3 aromatic heterocycles. The molecule has 4 heterocycles. The maximum absolute atomic E-state index is 13.1. The largest absolute Gasteiger partial charge is 0.423 e. The highest BCUT2D eigenvalue weighted by Crippen LogP contribution is 2.31. The van der Waals surface area contributed by atoms with Gasteiger partial charge in [0.05, 0.1) is 37.3 Å². The Morgan fingerprint density at radius 2 is 2.15 bits per heavy atom. The van der Waals surface area contributed by atoms with Gasteiger partial charge in [-0.25, -0.2) is 14.8 Å². The second kappa shape index (κ2) is 9.87. The molecule has 0 saturated carbocycles. The van der Waals surface area contributed by atoms with Crippen LogP contribution in [0.25, 0.3) is 0 Å². The number of H-pyrrole nitrogens is 1.